The van der Waals surface area contributed by atoms with Gasteiger partial charge in [-0.3, -0.25) is 0 Å². The molecule has 4 nitrogen and oxygen atoms in total. The second-order valence-electron chi connectivity index (χ2n) is 2.82. The van der Waals surface area contributed by atoms with E-state index < -0.39 is 0 Å². The van der Waals surface area contributed by atoms with Gasteiger partial charge in [-0.05, 0) is 0 Å². The van der Waals surface area contributed by atoms with Crippen LogP contribution in [0.4, 0.5) is 0 Å². The molecule has 0 aliphatic carbocycles. The average molecular weight is 255 g/mol. The van der Waals surface area contributed by atoms with Crippen LogP contribution in [0.2, 0.25) is 10.8 Å². The molecule has 0 rings (SSSR count). The van der Waals surface area contributed by atoms with Crippen LogP contribution >= 0.6 is 0 Å². The van der Waals surface area contributed by atoms with Crippen LogP contribution in [0.5, 0.6) is 0 Å². The van der Waals surface area contributed by atoms with Crippen molar-refractivity contribution in [2.24, 2.45) is 0 Å². The quantitative estimate of drug-likeness (QED) is 0.366. The van der Waals surface area contributed by atoms with E-state index in [-0.39, 0.29) is 33.9 Å². The fraction of sp³-hybridized carbons (Fsp3) is 0.400. The van der Waals surface area contributed by atoms with Crippen molar-refractivity contribution >= 4 is 11.6 Å². The van der Waals surface area contributed by atoms with Gasteiger partial charge in [0.05, 0.1) is 0 Å². The van der Waals surface area contributed by atoms with Gasteiger partial charge in [0.15, 0.2) is 0 Å². The van der Waals surface area contributed by atoms with E-state index in [2.05, 4.69) is 0 Å². The van der Waals surface area contributed by atoms with E-state index in [1.807, 2.05) is 0 Å². The van der Waals surface area contributed by atoms with Gasteiger partial charge in [0.2, 0.25) is 0 Å². The molecule has 0 aliphatic heterocycles. The number of carbonyl (C=O) groups is 2. The third kappa shape index (κ3) is 9.22. The van der Waals surface area contributed by atoms with Gasteiger partial charge in [0, 0.05) is 0 Å². The Kier molecular flexibility index (Phi) is 6.71. The van der Waals surface area contributed by atoms with Crippen LogP contribution in [0.1, 0.15) is 13.8 Å². The Labute approximate surface area is 94.5 Å². The topological polar surface area (TPSA) is 80.3 Å². The first-order valence-corrected chi connectivity index (χ1v) is 5.52. The fourth-order valence-electron chi connectivity index (χ4n) is 0.713. The van der Waals surface area contributed by atoms with Crippen LogP contribution in [0.25, 0.3) is 0 Å². The van der Waals surface area contributed by atoms with Crippen molar-refractivity contribution in [3.05, 3.63) is 23.7 Å². The summed E-state index contributed by atoms with van der Waals surface area (Å²) in [5.41, 5.74) is 0. The second kappa shape index (κ2) is 7.24. The molecule has 0 atom stereocenters. The molecule has 0 aliphatic rings. The summed E-state index contributed by atoms with van der Waals surface area (Å²) < 4.78 is 0. The molecule has 0 radical (unpaired) electrons. The zero-order chi connectivity index (χ0) is 11.8. The number of rotatable bonds is 6. The molecular weight excluding hydrogens is 243 g/mol. The molecule has 0 saturated carbocycles. The van der Waals surface area contributed by atoms with Crippen molar-refractivity contribution in [3.8, 4) is 0 Å². The van der Waals surface area contributed by atoms with Crippen molar-refractivity contribution in [3.63, 3.8) is 0 Å². The Balaban J connectivity index is 3.90. The normalized spacial score (nSPS) is 12.9. The van der Waals surface area contributed by atoms with E-state index in [9.17, 15) is 19.8 Å². The van der Waals surface area contributed by atoms with Crippen LogP contribution in [-0.2, 0) is 24.0 Å². The molecule has 15 heavy (non-hydrogen) atoms. The predicted octanol–water partition coefficient (Wildman–Crippen LogP) is -0.428. The molecule has 0 spiro atoms. The minimum absolute atomic E-state index is 0.101. The fourth-order valence-corrected chi connectivity index (χ4v) is 1.53. The predicted molar refractivity (Wildman–Crippen MR) is 47.1 cm³/mol. The SMILES string of the molecule is CC(=O)/C=C(\[O-])[CH2][Ni+2][CH2]/C([O-])=C/C(C)=O. The van der Waals surface area contributed by atoms with Crippen LogP contribution in [-0.4, -0.2) is 11.6 Å². The first-order valence-electron chi connectivity index (χ1n) is 4.13. The van der Waals surface area contributed by atoms with Gasteiger partial charge in [0.1, 0.15) is 0 Å². The monoisotopic (exact) mass is 254 g/mol. The third-order valence-corrected chi connectivity index (χ3v) is 2.29. The summed E-state index contributed by atoms with van der Waals surface area (Å²) in [6, 6.07) is 0. The van der Waals surface area contributed by atoms with Crippen molar-refractivity contribution in [2.75, 3.05) is 0 Å². The van der Waals surface area contributed by atoms with E-state index in [4.69, 9.17) is 0 Å². The van der Waals surface area contributed by atoms with E-state index in [1.165, 1.54) is 13.8 Å². The van der Waals surface area contributed by atoms with Crippen molar-refractivity contribution in [1.29, 1.82) is 0 Å². The van der Waals surface area contributed by atoms with E-state index in [1.54, 1.807) is 0 Å². The van der Waals surface area contributed by atoms with E-state index in [0.29, 0.717) is 0 Å². The van der Waals surface area contributed by atoms with Crippen LogP contribution in [0.15, 0.2) is 23.7 Å². The van der Waals surface area contributed by atoms with Crippen LogP contribution in [0, 0.1) is 0 Å². The van der Waals surface area contributed by atoms with E-state index >= 15 is 0 Å². The van der Waals surface area contributed by atoms with Gasteiger partial charge in [0.25, 0.3) is 0 Å². The molecule has 0 aromatic rings. The molecule has 0 fully saturated rings. The van der Waals surface area contributed by atoms with Crippen molar-refractivity contribution in [2.45, 2.75) is 24.6 Å². The summed E-state index contributed by atoms with van der Waals surface area (Å²) in [6.07, 6.45) is 1.99. The van der Waals surface area contributed by atoms with Gasteiger partial charge in [-0.15, -0.1) is 0 Å². The van der Waals surface area contributed by atoms with E-state index in [0.717, 1.165) is 26.6 Å². The molecule has 0 amide bonds. The zero-order valence-electron chi connectivity index (χ0n) is 8.52. The zero-order valence-corrected chi connectivity index (χ0v) is 9.51. The van der Waals surface area contributed by atoms with Crippen molar-refractivity contribution < 1.29 is 34.2 Å². The second-order valence-corrected chi connectivity index (χ2v) is 4.02. The summed E-state index contributed by atoms with van der Waals surface area (Å²) in [7, 11) is 0. The summed E-state index contributed by atoms with van der Waals surface area (Å²) in [4.78, 5) is 21.0. The molecule has 0 aromatic heterocycles. The third-order valence-electron chi connectivity index (χ3n) is 1.11. The molecule has 5 heteroatoms. The average Bonchev–Trinajstić information content (AvgIpc) is 2.00. The Morgan fingerprint density at radius 3 is 1.60 bits per heavy atom. The summed E-state index contributed by atoms with van der Waals surface area (Å²) >= 11 is 0.907. The molecule has 0 saturated heterocycles. The maximum atomic E-state index is 11.0. The number of carbonyl (C=O) groups excluding carboxylic acids is 2. The molecule has 0 unspecified atom stereocenters. The molecule has 0 bridgehead atoms. The molecule has 0 heterocycles. The summed E-state index contributed by atoms with van der Waals surface area (Å²) in [6.45, 7) is 2.58. The van der Waals surface area contributed by atoms with Crippen LogP contribution in [0.3, 0.4) is 0 Å². The van der Waals surface area contributed by atoms with Crippen molar-refractivity contribution in [1.82, 2.24) is 0 Å². The Morgan fingerprint density at radius 2 is 1.33 bits per heavy atom. The minimum atomic E-state index is -0.307. The molecular formula is C10H12NiO4. The number of hydrogen-bond acceptors (Lipinski definition) is 4. The summed E-state index contributed by atoms with van der Waals surface area (Å²) in [5.74, 6) is -1.21. The van der Waals surface area contributed by atoms with Gasteiger partial charge in [-0.1, -0.05) is 0 Å². The maximum absolute atomic E-state index is 11.0. The Bertz CT molecular complexity index is 275. The Morgan fingerprint density at radius 1 is 1.00 bits per heavy atom. The van der Waals surface area contributed by atoms with Gasteiger partial charge in [-0.25, -0.2) is 0 Å². The molecule has 0 N–H and O–H groups in total. The van der Waals surface area contributed by atoms with Gasteiger partial charge >= 0.3 is 94.1 Å². The van der Waals surface area contributed by atoms with Gasteiger partial charge in [-0.2, -0.15) is 0 Å². The molecule has 0 aromatic carbocycles. The first-order chi connectivity index (χ1) is 6.91. The first kappa shape index (κ1) is 13.9. The van der Waals surface area contributed by atoms with Crippen LogP contribution < -0.4 is 10.2 Å². The summed E-state index contributed by atoms with van der Waals surface area (Å²) in [5, 5.41) is 22.2. The standard InChI is InChI=1S/2C5H7O2.Ni/c2*1-4(6)3-5(2)7;/h2*3,6H,1H2,2H3;/q;;+2/p-2/b2*4-3-;. The number of ketones is 2. The number of allylic oxidation sites excluding steroid dienone is 4. The van der Waals surface area contributed by atoms with Gasteiger partial charge < -0.3 is 0 Å². The molecule has 86 valence electrons. The Hall–Kier alpha value is -1.09. The number of hydrogen-bond donors (Lipinski definition) is 0.